The van der Waals surface area contributed by atoms with E-state index in [1.54, 1.807) is 17.0 Å². The van der Waals surface area contributed by atoms with Gasteiger partial charge in [-0.05, 0) is 41.4 Å². The van der Waals surface area contributed by atoms with Crippen LogP contribution in [0.2, 0.25) is 5.22 Å². The van der Waals surface area contributed by atoms with Gasteiger partial charge in [0, 0.05) is 19.6 Å². The summed E-state index contributed by atoms with van der Waals surface area (Å²) in [5.74, 6) is -0.354. The first-order valence-electron chi connectivity index (χ1n) is 6.67. The van der Waals surface area contributed by atoms with Gasteiger partial charge < -0.3 is 14.6 Å². The predicted octanol–water partition coefficient (Wildman–Crippen LogP) is 2.86. The molecule has 3 rings (SSSR count). The fraction of sp³-hybridized carbons (Fsp3) is 0.267. The van der Waals surface area contributed by atoms with E-state index in [2.05, 4.69) is 5.32 Å². The second-order valence-corrected chi connectivity index (χ2v) is 5.25. The average molecular weight is 309 g/mol. The Kier molecular flexibility index (Phi) is 3.94. The number of rotatable bonds is 2. The summed E-state index contributed by atoms with van der Waals surface area (Å²) >= 11 is 5.72. The average Bonchev–Trinajstić information content (AvgIpc) is 2.93. The summed E-state index contributed by atoms with van der Waals surface area (Å²) in [7, 11) is 0. The molecular formula is C15H14ClFN2O2. The second kappa shape index (κ2) is 5.87. The van der Waals surface area contributed by atoms with Gasteiger partial charge in [0.1, 0.15) is 5.82 Å². The standard InChI is InChI=1S/C15H14ClFN2O2/c16-14-5-4-13(21-14)15(20)19-7-6-18-9-12(19)10-2-1-3-11(17)8-10/h1-5,8,12,18H,6-7,9H2. The van der Waals surface area contributed by atoms with E-state index in [-0.39, 0.29) is 28.7 Å². The lowest BCUT2D eigenvalue weighted by Gasteiger charge is -2.36. The van der Waals surface area contributed by atoms with E-state index >= 15 is 0 Å². The largest absolute Gasteiger partial charge is 0.440 e. The quantitative estimate of drug-likeness (QED) is 0.928. The lowest BCUT2D eigenvalue weighted by molar-refractivity contribution is 0.0601. The highest BCUT2D eigenvalue weighted by Gasteiger charge is 2.30. The molecule has 2 aromatic rings. The van der Waals surface area contributed by atoms with E-state index in [1.165, 1.54) is 18.2 Å². The summed E-state index contributed by atoms with van der Waals surface area (Å²) in [6.07, 6.45) is 0. The Labute approximate surface area is 126 Å². The van der Waals surface area contributed by atoms with Crippen molar-refractivity contribution in [3.05, 3.63) is 58.8 Å². The van der Waals surface area contributed by atoms with Gasteiger partial charge in [-0.2, -0.15) is 0 Å². The zero-order valence-corrected chi connectivity index (χ0v) is 11.9. The number of halogens is 2. The van der Waals surface area contributed by atoms with Gasteiger partial charge in [-0.1, -0.05) is 12.1 Å². The SMILES string of the molecule is O=C(c1ccc(Cl)o1)N1CCNCC1c1cccc(F)c1. The molecule has 1 fully saturated rings. The number of hydrogen-bond acceptors (Lipinski definition) is 3. The molecule has 1 unspecified atom stereocenters. The number of nitrogens with one attached hydrogen (secondary N) is 1. The highest BCUT2D eigenvalue weighted by molar-refractivity contribution is 6.29. The zero-order valence-electron chi connectivity index (χ0n) is 11.2. The van der Waals surface area contributed by atoms with Crippen molar-refractivity contribution >= 4 is 17.5 Å². The summed E-state index contributed by atoms with van der Waals surface area (Å²) < 4.78 is 18.6. The van der Waals surface area contributed by atoms with Crippen molar-refractivity contribution in [1.29, 1.82) is 0 Å². The Balaban J connectivity index is 1.89. The van der Waals surface area contributed by atoms with Crippen molar-refractivity contribution in [2.75, 3.05) is 19.6 Å². The molecule has 1 amide bonds. The third kappa shape index (κ3) is 2.94. The highest BCUT2D eigenvalue weighted by Crippen LogP contribution is 2.26. The van der Waals surface area contributed by atoms with Gasteiger partial charge in [-0.25, -0.2) is 4.39 Å². The minimum absolute atomic E-state index is 0.177. The van der Waals surface area contributed by atoms with Crippen LogP contribution in [-0.4, -0.2) is 30.4 Å². The molecule has 0 bridgehead atoms. The Bertz CT molecular complexity index is 659. The predicted molar refractivity (Wildman–Crippen MR) is 76.8 cm³/mol. The van der Waals surface area contributed by atoms with Crippen LogP contribution in [-0.2, 0) is 0 Å². The molecule has 1 aliphatic heterocycles. The van der Waals surface area contributed by atoms with Crippen LogP contribution < -0.4 is 5.32 Å². The lowest BCUT2D eigenvalue weighted by atomic mass is 10.0. The topological polar surface area (TPSA) is 45.5 Å². The molecule has 2 heterocycles. The summed E-state index contributed by atoms with van der Waals surface area (Å²) in [6, 6.07) is 9.15. The van der Waals surface area contributed by atoms with Crippen LogP contribution in [0.5, 0.6) is 0 Å². The number of hydrogen-bond donors (Lipinski definition) is 1. The maximum absolute atomic E-state index is 13.4. The Morgan fingerprint density at radius 1 is 1.38 bits per heavy atom. The fourth-order valence-electron chi connectivity index (χ4n) is 2.53. The molecular weight excluding hydrogens is 295 g/mol. The molecule has 0 spiro atoms. The normalized spacial score (nSPS) is 18.8. The van der Waals surface area contributed by atoms with Crippen LogP contribution in [0.15, 0.2) is 40.8 Å². The van der Waals surface area contributed by atoms with Crippen molar-refractivity contribution in [2.24, 2.45) is 0 Å². The molecule has 0 saturated carbocycles. The molecule has 0 aliphatic carbocycles. The van der Waals surface area contributed by atoms with E-state index in [1.807, 2.05) is 6.07 Å². The number of piperazine rings is 1. The third-order valence-electron chi connectivity index (χ3n) is 3.52. The Morgan fingerprint density at radius 2 is 2.24 bits per heavy atom. The van der Waals surface area contributed by atoms with E-state index in [0.717, 1.165) is 5.56 Å². The smallest absolute Gasteiger partial charge is 0.290 e. The van der Waals surface area contributed by atoms with Crippen LogP contribution >= 0.6 is 11.6 Å². The first-order chi connectivity index (χ1) is 10.1. The van der Waals surface area contributed by atoms with Gasteiger partial charge in [0.2, 0.25) is 0 Å². The number of benzene rings is 1. The van der Waals surface area contributed by atoms with Crippen molar-refractivity contribution in [1.82, 2.24) is 10.2 Å². The van der Waals surface area contributed by atoms with Crippen molar-refractivity contribution in [2.45, 2.75) is 6.04 Å². The number of amides is 1. The van der Waals surface area contributed by atoms with Gasteiger partial charge in [0.05, 0.1) is 6.04 Å². The van der Waals surface area contributed by atoms with Gasteiger partial charge in [0.15, 0.2) is 11.0 Å². The monoisotopic (exact) mass is 308 g/mol. The first kappa shape index (κ1) is 14.1. The van der Waals surface area contributed by atoms with Crippen molar-refractivity contribution in [3.63, 3.8) is 0 Å². The maximum Gasteiger partial charge on any atom is 0.290 e. The molecule has 6 heteroatoms. The van der Waals surface area contributed by atoms with E-state index < -0.39 is 0 Å². The second-order valence-electron chi connectivity index (χ2n) is 4.88. The van der Waals surface area contributed by atoms with Crippen molar-refractivity contribution in [3.8, 4) is 0 Å². The first-order valence-corrected chi connectivity index (χ1v) is 7.05. The molecule has 1 atom stereocenters. The summed E-state index contributed by atoms with van der Waals surface area (Å²) in [5.41, 5.74) is 0.758. The van der Waals surface area contributed by atoms with Gasteiger partial charge in [-0.15, -0.1) is 0 Å². The summed E-state index contributed by atoms with van der Waals surface area (Å²) in [4.78, 5) is 14.2. The van der Waals surface area contributed by atoms with Gasteiger partial charge in [0.25, 0.3) is 5.91 Å². The molecule has 1 N–H and O–H groups in total. The van der Waals surface area contributed by atoms with E-state index in [4.69, 9.17) is 16.0 Å². The zero-order chi connectivity index (χ0) is 14.8. The maximum atomic E-state index is 13.4. The number of furan rings is 1. The molecule has 4 nitrogen and oxygen atoms in total. The van der Waals surface area contributed by atoms with Crippen LogP contribution in [0.1, 0.15) is 22.2 Å². The minimum atomic E-state index is -0.313. The number of carbonyl (C=O) groups is 1. The summed E-state index contributed by atoms with van der Waals surface area (Å²) in [6.45, 7) is 1.79. The third-order valence-corrected chi connectivity index (χ3v) is 3.72. The Morgan fingerprint density at radius 3 is 2.95 bits per heavy atom. The highest BCUT2D eigenvalue weighted by atomic mass is 35.5. The summed E-state index contributed by atoms with van der Waals surface area (Å²) in [5, 5.41) is 3.40. The molecule has 1 aromatic heterocycles. The minimum Gasteiger partial charge on any atom is -0.440 e. The molecule has 110 valence electrons. The molecule has 1 aromatic carbocycles. The van der Waals surface area contributed by atoms with E-state index in [9.17, 15) is 9.18 Å². The van der Waals surface area contributed by atoms with Gasteiger partial charge >= 0.3 is 0 Å². The van der Waals surface area contributed by atoms with Gasteiger partial charge in [-0.3, -0.25) is 4.79 Å². The molecule has 1 saturated heterocycles. The number of carbonyl (C=O) groups excluding carboxylic acids is 1. The van der Waals surface area contributed by atoms with Crippen LogP contribution in [0.25, 0.3) is 0 Å². The Hall–Kier alpha value is -1.85. The van der Waals surface area contributed by atoms with Crippen LogP contribution in [0.3, 0.4) is 0 Å². The van der Waals surface area contributed by atoms with E-state index in [0.29, 0.717) is 19.6 Å². The van der Waals surface area contributed by atoms with Crippen molar-refractivity contribution < 1.29 is 13.6 Å². The molecule has 0 radical (unpaired) electrons. The fourth-order valence-corrected chi connectivity index (χ4v) is 2.68. The van der Waals surface area contributed by atoms with Crippen LogP contribution in [0, 0.1) is 5.82 Å². The molecule has 21 heavy (non-hydrogen) atoms. The van der Waals surface area contributed by atoms with Crippen LogP contribution in [0.4, 0.5) is 4.39 Å². The number of nitrogens with zero attached hydrogens (tertiary/aromatic N) is 1. The molecule has 1 aliphatic rings. The lowest BCUT2D eigenvalue weighted by Crippen LogP contribution is -2.48.